The first kappa shape index (κ1) is 14.3. The van der Waals surface area contributed by atoms with Crippen molar-refractivity contribution in [1.82, 2.24) is 9.80 Å². The highest BCUT2D eigenvalue weighted by Gasteiger charge is 2.39. The summed E-state index contributed by atoms with van der Waals surface area (Å²) in [5.74, 6) is 0.859. The van der Waals surface area contributed by atoms with E-state index in [0.717, 1.165) is 12.5 Å². The van der Waals surface area contributed by atoms with Crippen LogP contribution in [0.1, 0.15) is 46.5 Å². The highest BCUT2D eigenvalue weighted by atomic mass is 15.2. The fourth-order valence-electron chi connectivity index (χ4n) is 3.73. The van der Waals surface area contributed by atoms with Crippen LogP contribution in [-0.4, -0.2) is 54.1 Å². The van der Waals surface area contributed by atoms with Crippen molar-refractivity contribution < 1.29 is 0 Å². The third-order valence-electron chi connectivity index (χ3n) is 5.16. The second-order valence-electron chi connectivity index (χ2n) is 6.75. The molecule has 0 radical (unpaired) electrons. The average molecular weight is 253 g/mol. The van der Waals surface area contributed by atoms with Crippen LogP contribution < -0.4 is 5.73 Å². The Balaban J connectivity index is 2.03. The van der Waals surface area contributed by atoms with Gasteiger partial charge in [0.2, 0.25) is 0 Å². The minimum atomic E-state index is 0.300. The van der Waals surface area contributed by atoms with E-state index < -0.39 is 0 Å². The summed E-state index contributed by atoms with van der Waals surface area (Å²) in [5.41, 5.74) is 6.49. The van der Waals surface area contributed by atoms with Crippen LogP contribution >= 0.6 is 0 Å². The highest BCUT2D eigenvalue weighted by molar-refractivity contribution is 4.97. The van der Waals surface area contributed by atoms with Crippen LogP contribution in [-0.2, 0) is 0 Å². The molecule has 106 valence electrons. The van der Waals surface area contributed by atoms with E-state index in [0.29, 0.717) is 11.6 Å². The summed E-state index contributed by atoms with van der Waals surface area (Å²) < 4.78 is 0. The van der Waals surface area contributed by atoms with Crippen LogP contribution in [0.3, 0.4) is 0 Å². The second-order valence-corrected chi connectivity index (χ2v) is 6.75. The van der Waals surface area contributed by atoms with Gasteiger partial charge in [-0.15, -0.1) is 0 Å². The van der Waals surface area contributed by atoms with Gasteiger partial charge in [-0.2, -0.15) is 0 Å². The van der Waals surface area contributed by atoms with Gasteiger partial charge < -0.3 is 10.6 Å². The lowest BCUT2D eigenvalue weighted by Crippen LogP contribution is -2.53. The van der Waals surface area contributed by atoms with E-state index >= 15 is 0 Å². The normalized spacial score (nSPS) is 36.2. The largest absolute Gasteiger partial charge is 0.329 e. The lowest BCUT2D eigenvalue weighted by atomic mass is 9.88. The zero-order valence-corrected chi connectivity index (χ0v) is 12.5. The SMILES string of the molecule is CC1CCN(C2(CN)CCCN(C(C)C)CC2)C1. The lowest BCUT2D eigenvalue weighted by molar-refractivity contribution is 0.0993. The van der Waals surface area contributed by atoms with Crippen molar-refractivity contribution in [2.45, 2.75) is 58.0 Å². The van der Waals surface area contributed by atoms with Crippen molar-refractivity contribution in [2.24, 2.45) is 11.7 Å². The van der Waals surface area contributed by atoms with E-state index in [9.17, 15) is 0 Å². The number of nitrogens with two attached hydrogens (primary N) is 1. The number of rotatable bonds is 3. The van der Waals surface area contributed by atoms with E-state index in [1.165, 1.54) is 51.9 Å². The van der Waals surface area contributed by atoms with Gasteiger partial charge in [-0.1, -0.05) is 6.92 Å². The van der Waals surface area contributed by atoms with E-state index in [2.05, 4.69) is 30.6 Å². The molecular formula is C15H31N3. The minimum Gasteiger partial charge on any atom is -0.329 e. The number of nitrogens with zero attached hydrogens (tertiary/aromatic N) is 2. The van der Waals surface area contributed by atoms with Crippen molar-refractivity contribution in [3.05, 3.63) is 0 Å². The van der Waals surface area contributed by atoms with Gasteiger partial charge in [-0.3, -0.25) is 4.90 Å². The van der Waals surface area contributed by atoms with Crippen LogP contribution in [0, 0.1) is 5.92 Å². The molecule has 2 unspecified atom stereocenters. The first-order valence-electron chi connectivity index (χ1n) is 7.76. The van der Waals surface area contributed by atoms with Crippen molar-refractivity contribution in [3.63, 3.8) is 0 Å². The highest BCUT2D eigenvalue weighted by Crippen LogP contribution is 2.33. The van der Waals surface area contributed by atoms with Crippen LogP contribution in [0.4, 0.5) is 0 Å². The van der Waals surface area contributed by atoms with Gasteiger partial charge in [-0.05, 0) is 58.5 Å². The van der Waals surface area contributed by atoms with Crippen LogP contribution in [0.2, 0.25) is 0 Å². The summed E-state index contributed by atoms with van der Waals surface area (Å²) in [6.45, 7) is 12.8. The predicted octanol–water partition coefficient (Wildman–Crippen LogP) is 1.92. The predicted molar refractivity (Wildman–Crippen MR) is 77.7 cm³/mol. The van der Waals surface area contributed by atoms with E-state index in [-0.39, 0.29) is 0 Å². The number of hydrogen-bond acceptors (Lipinski definition) is 3. The molecule has 2 atom stereocenters. The molecule has 0 aromatic heterocycles. The summed E-state index contributed by atoms with van der Waals surface area (Å²) in [6.07, 6.45) is 5.21. The zero-order valence-electron chi connectivity index (χ0n) is 12.5. The first-order chi connectivity index (χ1) is 8.57. The Bertz CT molecular complexity index is 266. The maximum atomic E-state index is 6.19. The van der Waals surface area contributed by atoms with Crippen molar-refractivity contribution in [2.75, 3.05) is 32.7 Å². The van der Waals surface area contributed by atoms with Crippen molar-refractivity contribution in [1.29, 1.82) is 0 Å². The molecule has 2 N–H and O–H groups in total. The standard InChI is InChI=1S/C15H31N3/c1-13(2)17-8-4-6-15(12-16,7-10-17)18-9-5-14(3)11-18/h13-14H,4-12,16H2,1-3H3. The van der Waals surface area contributed by atoms with Gasteiger partial charge in [0.05, 0.1) is 0 Å². The number of hydrogen-bond donors (Lipinski definition) is 1. The Morgan fingerprint density at radius 3 is 2.56 bits per heavy atom. The summed E-state index contributed by atoms with van der Waals surface area (Å²) in [6, 6.07) is 0.677. The molecule has 2 rings (SSSR count). The number of likely N-dealkylation sites (tertiary alicyclic amines) is 2. The topological polar surface area (TPSA) is 32.5 Å². The summed E-state index contributed by atoms with van der Waals surface area (Å²) in [5, 5.41) is 0. The Kier molecular flexibility index (Phi) is 4.68. The second kappa shape index (κ2) is 5.89. The average Bonchev–Trinajstić information content (AvgIpc) is 2.66. The molecule has 0 saturated carbocycles. The third kappa shape index (κ3) is 2.89. The van der Waals surface area contributed by atoms with E-state index in [1.807, 2.05) is 0 Å². The molecule has 2 saturated heterocycles. The molecule has 0 aromatic rings. The Labute approximate surface area is 113 Å². The van der Waals surface area contributed by atoms with Crippen LogP contribution in [0.5, 0.6) is 0 Å². The molecule has 18 heavy (non-hydrogen) atoms. The monoisotopic (exact) mass is 253 g/mol. The molecule has 2 aliphatic rings. The Morgan fingerprint density at radius 2 is 2.00 bits per heavy atom. The van der Waals surface area contributed by atoms with Gasteiger partial charge in [0, 0.05) is 31.2 Å². The third-order valence-corrected chi connectivity index (χ3v) is 5.16. The van der Waals surface area contributed by atoms with E-state index in [4.69, 9.17) is 5.73 Å². The molecule has 3 heteroatoms. The Hall–Kier alpha value is -0.120. The first-order valence-corrected chi connectivity index (χ1v) is 7.76. The molecule has 0 aliphatic carbocycles. The van der Waals surface area contributed by atoms with Gasteiger partial charge in [0.15, 0.2) is 0 Å². The van der Waals surface area contributed by atoms with Crippen molar-refractivity contribution in [3.8, 4) is 0 Å². The molecule has 0 spiro atoms. The molecular weight excluding hydrogens is 222 g/mol. The van der Waals surface area contributed by atoms with Gasteiger partial charge >= 0.3 is 0 Å². The molecule has 2 aliphatic heterocycles. The maximum absolute atomic E-state index is 6.19. The zero-order chi connectivity index (χ0) is 13.2. The quantitative estimate of drug-likeness (QED) is 0.834. The summed E-state index contributed by atoms with van der Waals surface area (Å²) >= 11 is 0. The Morgan fingerprint density at radius 1 is 1.22 bits per heavy atom. The fourth-order valence-corrected chi connectivity index (χ4v) is 3.73. The molecule has 0 aromatic carbocycles. The molecule has 2 fully saturated rings. The molecule has 3 nitrogen and oxygen atoms in total. The minimum absolute atomic E-state index is 0.300. The van der Waals surface area contributed by atoms with Crippen LogP contribution in [0.25, 0.3) is 0 Å². The maximum Gasteiger partial charge on any atom is 0.0344 e. The summed E-state index contributed by atoms with van der Waals surface area (Å²) in [4.78, 5) is 5.33. The van der Waals surface area contributed by atoms with Crippen molar-refractivity contribution >= 4 is 0 Å². The lowest BCUT2D eigenvalue weighted by Gasteiger charge is -2.41. The van der Waals surface area contributed by atoms with Gasteiger partial charge in [0.25, 0.3) is 0 Å². The smallest absolute Gasteiger partial charge is 0.0344 e. The fraction of sp³-hybridized carbons (Fsp3) is 1.00. The van der Waals surface area contributed by atoms with E-state index in [1.54, 1.807) is 0 Å². The summed E-state index contributed by atoms with van der Waals surface area (Å²) in [7, 11) is 0. The van der Waals surface area contributed by atoms with Crippen LogP contribution in [0.15, 0.2) is 0 Å². The molecule has 0 amide bonds. The van der Waals surface area contributed by atoms with Gasteiger partial charge in [0.1, 0.15) is 0 Å². The molecule has 2 heterocycles. The molecule has 0 bridgehead atoms. The van der Waals surface area contributed by atoms with Gasteiger partial charge in [-0.25, -0.2) is 0 Å².